The van der Waals surface area contributed by atoms with Gasteiger partial charge in [-0.1, -0.05) is 6.08 Å². The maximum absolute atomic E-state index is 10.7. The smallest absolute Gasteiger partial charge is 0.226 e. The van der Waals surface area contributed by atoms with E-state index in [1.165, 1.54) is 0 Å². The minimum atomic E-state index is 0.303. The van der Waals surface area contributed by atoms with E-state index in [0.717, 1.165) is 13.0 Å². The molecule has 2 aliphatic rings. The van der Waals surface area contributed by atoms with Crippen LogP contribution in [0.2, 0.25) is 0 Å². The van der Waals surface area contributed by atoms with E-state index in [9.17, 15) is 4.79 Å². The fourth-order valence-corrected chi connectivity index (χ4v) is 2.04. The lowest BCUT2D eigenvalue weighted by Crippen LogP contribution is -2.51. The molecule has 0 N–H and O–H groups in total. The summed E-state index contributed by atoms with van der Waals surface area (Å²) in [6, 6.07) is 0. The molecule has 1 fully saturated rings. The summed E-state index contributed by atoms with van der Waals surface area (Å²) in [6.45, 7) is 0.830. The number of nitrogens with zero attached hydrogens (tertiary/aromatic N) is 1. The Kier molecular flexibility index (Phi) is 1.05. The molecular weight excluding hydrogens is 134 g/mol. The van der Waals surface area contributed by atoms with Crippen LogP contribution in [0.3, 0.4) is 0 Å². The van der Waals surface area contributed by atoms with E-state index in [1.54, 1.807) is 11.8 Å². The minimum Gasteiger partial charge on any atom is -0.326 e. The zero-order valence-electron chi connectivity index (χ0n) is 4.91. The van der Waals surface area contributed by atoms with Crippen molar-refractivity contribution in [2.24, 2.45) is 0 Å². The lowest BCUT2D eigenvalue weighted by Gasteiger charge is -2.40. The summed E-state index contributed by atoms with van der Waals surface area (Å²) >= 11 is 1.74. The Labute approximate surface area is 57.9 Å². The lowest BCUT2D eigenvalue weighted by molar-refractivity contribution is -0.140. The molecule has 1 atom stereocenters. The van der Waals surface area contributed by atoms with Crippen LogP contribution in [0.25, 0.3) is 0 Å². The highest BCUT2D eigenvalue weighted by Crippen LogP contribution is 2.32. The summed E-state index contributed by atoms with van der Waals surface area (Å²) < 4.78 is 0. The van der Waals surface area contributed by atoms with Crippen LogP contribution in [0, 0.1) is 0 Å². The van der Waals surface area contributed by atoms with Gasteiger partial charge in [0.15, 0.2) is 0 Å². The van der Waals surface area contributed by atoms with E-state index in [-0.39, 0.29) is 0 Å². The molecule has 2 heterocycles. The van der Waals surface area contributed by atoms with E-state index in [1.807, 2.05) is 11.0 Å². The molecule has 0 bridgehead atoms. The van der Waals surface area contributed by atoms with E-state index < -0.39 is 0 Å². The van der Waals surface area contributed by atoms with E-state index in [4.69, 9.17) is 0 Å². The molecule has 0 aromatic carbocycles. The predicted octanol–water partition coefficient (Wildman–Crippen LogP) is 0.805. The van der Waals surface area contributed by atoms with Gasteiger partial charge in [-0.3, -0.25) is 4.79 Å². The van der Waals surface area contributed by atoms with Gasteiger partial charge in [0.1, 0.15) is 0 Å². The van der Waals surface area contributed by atoms with Crippen molar-refractivity contribution in [3.05, 3.63) is 11.5 Å². The van der Waals surface area contributed by atoms with Gasteiger partial charge in [0.05, 0.1) is 11.8 Å². The summed E-state index contributed by atoms with van der Waals surface area (Å²) in [5.74, 6) is 0.303. The highest BCUT2D eigenvalue weighted by Gasteiger charge is 2.36. The summed E-state index contributed by atoms with van der Waals surface area (Å²) in [5.41, 5.74) is 0. The molecule has 0 aliphatic carbocycles. The Balaban J connectivity index is 2.12. The average Bonchev–Trinajstić information content (AvgIpc) is 1.86. The molecule has 0 spiro atoms. The number of hydrogen-bond acceptors (Lipinski definition) is 2. The topological polar surface area (TPSA) is 20.3 Å². The Bertz CT molecular complexity index is 178. The first-order valence-electron chi connectivity index (χ1n) is 2.98. The number of hydrogen-bond donors (Lipinski definition) is 0. The Morgan fingerprint density at radius 2 is 2.67 bits per heavy atom. The Morgan fingerprint density at radius 3 is 3.22 bits per heavy atom. The molecule has 2 aliphatic heterocycles. The van der Waals surface area contributed by atoms with Crippen molar-refractivity contribution < 1.29 is 4.79 Å². The van der Waals surface area contributed by atoms with Gasteiger partial charge in [-0.15, -0.1) is 11.8 Å². The van der Waals surface area contributed by atoms with Crippen molar-refractivity contribution in [3.63, 3.8) is 0 Å². The second-order valence-electron chi connectivity index (χ2n) is 2.21. The number of carbonyl (C=O) groups is 1. The Morgan fingerprint density at radius 1 is 1.78 bits per heavy atom. The summed E-state index contributed by atoms with van der Waals surface area (Å²) in [5, 5.41) is 2.55. The molecular formula is C6H7NOS. The predicted molar refractivity (Wildman–Crippen MR) is 36.8 cm³/mol. The quantitative estimate of drug-likeness (QED) is 0.465. The normalized spacial score (nSPS) is 31.8. The molecule has 3 heteroatoms. The minimum absolute atomic E-state index is 0.303. The van der Waals surface area contributed by atoms with Crippen molar-refractivity contribution in [2.45, 2.75) is 11.8 Å². The molecule has 2 rings (SSSR count). The third-order valence-corrected chi connectivity index (χ3v) is 2.74. The number of amides is 1. The van der Waals surface area contributed by atoms with E-state index >= 15 is 0 Å². The molecule has 1 amide bonds. The second kappa shape index (κ2) is 1.77. The molecule has 9 heavy (non-hydrogen) atoms. The zero-order chi connectivity index (χ0) is 6.27. The van der Waals surface area contributed by atoms with Crippen LogP contribution in [0.15, 0.2) is 11.5 Å². The van der Waals surface area contributed by atoms with Gasteiger partial charge in [-0.25, -0.2) is 0 Å². The van der Waals surface area contributed by atoms with Gasteiger partial charge >= 0.3 is 0 Å². The first kappa shape index (κ1) is 5.35. The standard InChI is InChI=1S/C6H7NOS/c8-5-4-6-7(5)2-1-3-9-6/h1,3,6H,2,4H2. The molecule has 2 nitrogen and oxygen atoms in total. The van der Waals surface area contributed by atoms with Crippen molar-refractivity contribution in [1.29, 1.82) is 0 Å². The number of carbonyl (C=O) groups excluding carboxylic acids is 1. The monoisotopic (exact) mass is 141 g/mol. The lowest BCUT2D eigenvalue weighted by atomic mass is 10.2. The van der Waals surface area contributed by atoms with Gasteiger partial charge < -0.3 is 4.90 Å². The summed E-state index contributed by atoms with van der Waals surface area (Å²) in [4.78, 5) is 12.6. The van der Waals surface area contributed by atoms with Crippen LogP contribution in [-0.2, 0) is 4.79 Å². The maximum atomic E-state index is 10.7. The second-order valence-corrected chi connectivity index (χ2v) is 3.30. The van der Waals surface area contributed by atoms with Crippen molar-refractivity contribution in [1.82, 2.24) is 4.90 Å². The number of fused-ring (bicyclic) bond motifs is 1. The number of rotatable bonds is 0. The van der Waals surface area contributed by atoms with Crippen LogP contribution < -0.4 is 0 Å². The average molecular weight is 141 g/mol. The zero-order valence-corrected chi connectivity index (χ0v) is 5.73. The van der Waals surface area contributed by atoms with Gasteiger partial charge in [0.25, 0.3) is 0 Å². The van der Waals surface area contributed by atoms with E-state index in [2.05, 4.69) is 5.41 Å². The molecule has 1 saturated heterocycles. The van der Waals surface area contributed by atoms with Crippen molar-refractivity contribution >= 4 is 17.7 Å². The number of β-lactam (4-membered cyclic amide) rings is 1. The van der Waals surface area contributed by atoms with Gasteiger partial charge in [0, 0.05) is 6.54 Å². The maximum Gasteiger partial charge on any atom is 0.226 e. The number of thioether (sulfide) groups is 1. The van der Waals surface area contributed by atoms with Gasteiger partial charge in [-0.05, 0) is 5.41 Å². The largest absolute Gasteiger partial charge is 0.326 e. The Hall–Kier alpha value is -0.440. The molecule has 0 radical (unpaired) electrons. The highest BCUT2D eigenvalue weighted by atomic mass is 32.2. The van der Waals surface area contributed by atoms with Crippen molar-refractivity contribution in [3.8, 4) is 0 Å². The first-order chi connectivity index (χ1) is 4.38. The summed E-state index contributed by atoms with van der Waals surface area (Å²) in [6.07, 6.45) is 2.77. The third-order valence-electron chi connectivity index (χ3n) is 1.65. The highest BCUT2D eigenvalue weighted by molar-refractivity contribution is 8.02. The van der Waals surface area contributed by atoms with Gasteiger partial charge in [-0.2, -0.15) is 0 Å². The van der Waals surface area contributed by atoms with Crippen LogP contribution in [0.4, 0.5) is 0 Å². The fraction of sp³-hybridized carbons (Fsp3) is 0.500. The van der Waals surface area contributed by atoms with Crippen LogP contribution >= 0.6 is 11.8 Å². The van der Waals surface area contributed by atoms with Crippen LogP contribution in [-0.4, -0.2) is 22.7 Å². The molecule has 48 valence electrons. The third kappa shape index (κ3) is 0.678. The van der Waals surface area contributed by atoms with Crippen LogP contribution in [0.5, 0.6) is 0 Å². The summed E-state index contributed by atoms with van der Waals surface area (Å²) in [7, 11) is 0. The molecule has 0 saturated carbocycles. The SMILES string of the molecule is O=C1CC2SC=CCN12. The first-order valence-corrected chi connectivity index (χ1v) is 3.92. The van der Waals surface area contributed by atoms with Crippen molar-refractivity contribution in [2.75, 3.05) is 6.54 Å². The molecule has 0 aromatic rings. The molecule has 1 unspecified atom stereocenters. The fourth-order valence-electron chi connectivity index (χ4n) is 1.07. The molecule has 0 aromatic heterocycles. The van der Waals surface area contributed by atoms with Crippen LogP contribution in [0.1, 0.15) is 6.42 Å². The van der Waals surface area contributed by atoms with E-state index in [0.29, 0.717) is 11.3 Å². The van der Waals surface area contributed by atoms with Gasteiger partial charge in [0.2, 0.25) is 5.91 Å².